The van der Waals surface area contributed by atoms with E-state index in [4.69, 9.17) is 4.74 Å². The number of carbonyl (C=O) groups excluding carboxylic acids is 1. The second-order valence-electron chi connectivity index (χ2n) is 6.23. The molecule has 0 heterocycles. The molecule has 1 aromatic rings. The predicted octanol–water partition coefficient (Wildman–Crippen LogP) is 4.94. The van der Waals surface area contributed by atoms with Gasteiger partial charge in [-0.3, -0.25) is 5.32 Å². The summed E-state index contributed by atoms with van der Waals surface area (Å²) in [6, 6.07) is 4.30. The maximum Gasteiger partial charge on any atom is 0.412 e. The van der Waals surface area contributed by atoms with Crippen LogP contribution in [0.15, 0.2) is 30.9 Å². The number of ether oxygens (including phenoxy) is 1. The van der Waals surface area contributed by atoms with Crippen molar-refractivity contribution in [2.45, 2.75) is 52.2 Å². The topological polar surface area (TPSA) is 50.4 Å². The molecule has 0 spiro atoms. The third-order valence-electron chi connectivity index (χ3n) is 2.82. The zero-order chi connectivity index (χ0) is 16.8. The van der Waals surface area contributed by atoms with E-state index < -0.39 is 11.7 Å². The lowest BCUT2D eigenvalue weighted by molar-refractivity contribution is 0.0636. The van der Waals surface area contributed by atoms with E-state index in [1.807, 2.05) is 13.0 Å². The van der Waals surface area contributed by atoms with Gasteiger partial charge in [0.2, 0.25) is 0 Å². The van der Waals surface area contributed by atoms with Crippen LogP contribution in [-0.4, -0.2) is 17.7 Å². The second kappa shape index (κ2) is 7.82. The summed E-state index contributed by atoms with van der Waals surface area (Å²) in [5.41, 5.74) is 0.429. The van der Waals surface area contributed by atoms with Gasteiger partial charge in [-0.25, -0.2) is 9.18 Å². The highest BCUT2D eigenvalue weighted by Gasteiger charge is 2.17. The molecule has 0 aliphatic carbocycles. The minimum atomic E-state index is -0.588. The Kier molecular flexibility index (Phi) is 6.40. The average Bonchev–Trinajstić information content (AvgIpc) is 2.37. The molecule has 1 unspecified atom stereocenters. The second-order valence-corrected chi connectivity index (χ2v) is 6.23. The fourth-order valence-electron chi connectivity index (χ4n) is 1.86. The van der Waals surface area contributed by atoms with Crippen molar-refractivity contribution < 1.29 is 13.9 Å². The lowest BCUT2D eigenvalue weighted by Gasteiger charge is -2.22. The number of carbonyl (C=O) groups is 1. The van der Waals surface area contributed by atoms with Crippen molar-refractivity contribution in [1.82, 2.24) is 0 Å². The zero-order valence-electron chi connectivity index (χ0n) is 13.7. The summed E-state index contributed by atoms with van der Waals surface area (Å²) in [6.45, 7) is 11.0. The first-order valence-electron chi connectivity index (χ1n) is 7.38. The predicted molar refractivity (Wildman–Crippen MR) is 88.8 cm³/mol. The number of allylic oxidation sites excluding steroid dienone is 1. The average molecular weight is 308 g/mol. The van der Waals surface area contributed by atoms with Crippen LogP contribution in [0.4, 0.5) is 20.6 Å². The quantitative estimate of drug-likeness (QED) is 0.732. The molecule has 1 rings (SSSR count). The lowest BCUT2D eigenvalue weighted by Crippen LogP contribution is -2.27. The largest absolute Gasteiger partial charge is 0.444 e. The number of amides is 1. The lowest BCUT2D eigenvalue weighted by atomic mass is 10.1. The normalized spacial score (nSPS) is 12.4. The number of nitrogens with one attached hydrogen (secondary N) is 2. The number of anilines is 2. The highest BCUT2D eigenvalue weighted by atomic mass is 19.1. The summed E-state index contributed by atoms with van der Waals surface area (Å²) in [6.07, 6.45) is 2.99. The molecule has 0 fully saturated rings. The Morgan fingerprint density at radius 2 is 2.09 bits per heavy atom. The van der Waals surface area contributed by atoms with Crippen molar-refractivity contribution >= 4 is 17.5 Å². The summed E-state index contributed by atoms with van der Waals surface area (Å²) < 4.78 is 18.7. The van der Waals surface area contributed by atoms with E-state index in [1.165, 1.54) is 18.2 Å². The van der Waals surface area contributed by atoms with E-state index in [2.05, 4.69) is 17.2 Å². The smallest absolute Gasteiger partial charge is 0.412 e. The Bertz CT molecular complexity index is 524. The van der Waals surface area contributed by atoms with E-state index >= 15 is 0 Å². The number of hydrogen-bond donors (Lipinski definition) is 2. The van der Waals surface area contributed by atoms with Gasteiger partial charge >= 0.3 is 6.09 Å². The van der Waals surface area contributed by atoms with Crippen LogP contribution in [0.5, 0.6) is 0 Å². The SMILES string of the molecule is C=CCCC(C)Nc1cc(F)ccc1NC(=O)OC(C)(C)C. The maximum atomic E-state index is 13.5. The van der Waals surface area contributed by atoms with Gasteiger partial charge < -0.3 is 10.1 Å². The zero-order valence-corrected chi connectivity index (χ0v) is 13.7. The van der Waals surface area contributed by atoms with E-state index in [0.29, 0.717) is 11.4 Å². The highest BCUT2D eigenvalue weighted by molar-refractivity contribution is 5.89. The van der Waals surface area contributed by atoms with Crippen LogP contribution in [0.25, 0.3) is 0 Å². The molecule has 0 bridgehead atoms. The van der Waals surface area contributed by atoms with Crippen molar-refractivity contribution in [2.24, 2.45) is 0 Å². The summed E-state index contributed by atoms with van der Waals surface area (Å²) >= 11 is 0. The summed E-state index contributed by atoms with van der Waals surface area (Å²) in [7, 11) is 0. The van der Waals surface area contributed by atoms with Crippen molar-refractivity contribution in [3.05, 3.63) is 36.7 Å². The molecule has 0 aromatic heterocycles. The van der Waals surface area contributed by atoms with Gasteiger partial charge in [-0.2, -0.15) is 0 Å². The van der Waals surface area contributed by atoms with Crippen LogP contribution >= 0.6 is 0 Å². The van der Waals surface area contributed by atoms with Crippen LogP contribution in [0.1, 0.15) is 40.5 Å². The number of benzene rings is 1. The Morgan fingerprint density at radius 3 is 2.68 bits per heavy atom. The maximum absolute atomic E-state index is 13.5. The Labute approximate surface area is 131 Å². The molecule has 0 saturated heterocycles. The molecule has 1 atom stereocenters. The van der Waals surface area contributed by atoms with Gasteiger partial charge in [-0.1, -0.05) is 6.08 Å². The molecule has 0 aliphatic rings. The third-order valence-corrected chi connectivity index (χ3v) is 2.82. The fourth-order valence-corrected chi connectivity index (χ4v) is 1.86. The monoisotopic (exact) mass is 308 g/mol. The van der Waals surface area contributed by atoms with Crippen LogP contribution < -0.4 is 10.6 Å². The van der Waals surface area contributed by atoms with E-state index in [9.17, 15) is 9.18 Å². The Hall–Kier alpha value is -2.04. The Morgan fingerprint density at radius 1 is 1.41 bits per heavy atom. The van der Waals surface area contributed by atoms with Crippen LogP contribution in [0.2, 0.25) is 0 Å². The molecule has 0 aliphatic heterocycles. The number of halogens is 1. The first kappa shape index (κ1) is 18.0. The minimum Gasteiger partial charge on any atom is -0.444 e. The van der Waals surface area contributed by atoms with Crippen LogP contribution in [0, 0.1) is 5.82 Å². The molecule has 5 heteroatoms. The molecule has 122 valence electrons. The summed E-state index contributed by atoms with van der Waals surface area (Å²) in [5, 5.41) is 5.84. The van der Waals surface area contributed by atoms with Crippen LogP contribution in [-0.2, 0) is 4.74 Å². The molecule has 1 aromatic carbocycles. The first-order valence-corrected chi connectivity index (χ1v) is 7.38. The van der Waals surface area contributed by atoms with Gasteiger partial charge in [0, 0.05) is 6.04 Å². The highest BCUT2D eigenvalue weighted by Crippen LogP contribution is 2.25. The van der Waals surface area contributed by atoms with Gasteiger partial charge in [0.05, 0.1) is 11.4 Å². The number of hydrogen-bond acceptors (Lipinski definition) is 3. The first-order chi connectivity index (χ1) is 10.2. The van der Waals surface area contributed by atoms with Crippen LogP contribution in [0.3, 0.4) is 0 Å². The van der Waals surface area contributed by atoms with Crippen molar-refractivity contribution in [3.63, 3.8) is 0 Å². The number of rotatable bonds is 6. The molecule has 0 radical (unpaired) electrons. The van der Waals surface area contributed by atoms with E-state index in [0.717, 1.165) is 12.8 Å². The van der Waals surface area contributed by atoms with E-state index in [1.54, 1.807) is 20.8 Å². The van der Waals surface area contributed by atoms with Crippen molar-refractivity contribution in [1.29, 1.82) is 0 Å². The van der Waals surface area contributed by atoms with Gasteiger partial charge in [0.15, 0.2) is 0 Å². The molecule has 2 N–H and O–H groups in total. The standard InChI is InChI=1S/C17H25FN2O2/c1-6-7-8-12(2)19-15-11-13(18)9-10-14(15)20-16(21)22-17(3,4)5/h6,9-12,19H,1,7-8H2,2-5H3,(H,20,21). The molecule has 22 heavy (non-hydrogen) atoms. The summed E-state index contributed by atoms with van der Waals surface area (Å²) in [4.78, 5) is 11.9. The molecular weight excluding hydrogens is 283 g/mol. The molecule has 4 nitrogen and oxygen atoms in total. The summed E-state index contributed by atoms with van der Waals surface area (Å²) in [5.74, 6) is -0.367. The van der Waals surface area contributed by atoms with Gasteiger partial charge in [-0.15, -0.1) is 6.58 Å². The van der Waals surface area contributed by atoms with Gasteiger partial charge in [0.25, 0.3) is 0 Å². The minimum absolute atomic E-state index is 0.124. The van der Waals surface area contributed by atoms with Crippen molar-refractivity contribution in [2.75, 3.05) is 10.6 Å². The third kappa shape index (κ3) is 6.61. The van der Waals surface area contributed by atoms with E-state index in [-0.39, 0.29) is 11.9 Å². The molecule has 1 amide bonds. The Balaban J connectivity index is 2.81. The van der Waals surface area contributed by atoms with Gasteiger partial charge in [0.1, 0.15) is 11.4 Å². The molecular formula is C17H25FN2O2. The van der Waals surface area contributed by atoms with Gasteiger partial charge in [-0.05, 0) is 58.7 Å². The fraction of sp³-hybridized carbons (Fsp3) is 0.471. The molecule has 0 saturated carbocycles. The van der Waals surface area contributed by atoms with Crippen molar-refractivity contribution in [3.8, 4) is 0 Å².